The summed E-state index contributed by atoms with van der Waals surface area (Å²) in [5.41, 5.74) is 3.55. The number of rotatable bonds is 7. The van der Waals surface area contributed by atoms with Gasteiger partial charge in [0.15, 0.2) is 0 Å². The molecule has 3 N–H and O–H groups in total. The third-order valence-electron chi connectivity index (χ3n) is 4.39. The fraction of sp³-hybridized carbons (Fsp3) is 0.174. The lowest BCUT2D eigenvalue weighted by Gasteiger charge is -2.19. The average Bonchev–Trinajstić information content (AvgIpc) is 2.77. The number of benzene rings is 3. The standard InChI is InChI=1S/C23H23NO4/c25-21(15-24-23(27)28-16-17-7-3-1-4-8-17)22(26)20-13-11-19(12-14-20)18-9-5-2-6-10-18/h1-14,21-22,25-26H,15-16H2,(H,24,27). The first kappa shape index (κ1) is 19.6. The van der Waals surface area contributed by atoms with Crippen molar-refractivity contribution in [1.82, 2.24) is 5.32 Å². The van der Waals surface area contributed by atoms with E-state index in [9.17, 15) is 15.0 Å². The molecule has 3 rings (SSSR count). The number of hydrogen-bond donors (Lipinski definition) is 3. The Morgan fingerprint density at radius 2 is 1.39 bits per heavy atom. The summed E-state index contributed by atoms with van der Waals surface area (Å²) in [7, 11) is 0. The van der Waals surface area contributed by atoms with Crippen LogP contribution in [0.1, 0.15) is 17.2 Å². The minimum atomic E-state index is -1.15. The molecule has 5 heteroatoms. The molecule has 0 radical (unpaired) electrons. The van der Waals surface area contributed by atoms with E-state index in [2.05, 4.69) is 5.32 Å². The number of nitrogens with one attached hydrogen (secondary N) is 1. The normalized spacial score (nSPS) is 12.8. The molecule has 3 aromatic rings. The summed E-state index contributed by atoms with van der Waals surface area (Å²) in [4.78, 5) is 11.8. The number of hydrogen-bond acceptors (Lipinski definition) is 4. The molecular formula is C23H23NO4. The summed E-state index contributed by atoms with van der Waals surface area (Å²) < 4.78 is 5.09. The van der Waals surface area contributed by atoms with E-state index in [0.29, 0.717) is 5.56 Å². The van der Waals surface area contributed by atoms with Gasteiger partial charge in [-0.2, -0.15) is 0 Å². The van der Waals surface area contributed by atoms with Crippen LogP contribution in [0.5, 0.6) is 0 Å². The van der Waals surface area contributed by atoms with Crippen molar-refractivity contribution in [2.24, 2.45) is 0 Å². The van der Waals surface area contributed by atoms with Gasteiger partial charge in [0.05, 0.1) is 0 Å². The molecule has 0 fully saturated rings. The molecule has 0 heterocycles. The van der Waals surface area contributed by atoms with E-state index in [-0.39, 0.29) is 13.2 Å². The largest absolute Gasteiger partial charge is 0.445 e. The number of ether oxygens (including phenoxy) is 1. The maximum Gasteiger partial charge on any atom is 0.407 e. The van der Waals surface area contributed by atoms with Gasteiger partial charge in [0.1, 0.15) is 18.8 Å². The number of aliphatic hydroxyl groups excluding tert-OH is 2. The van der Waals surface area contributed by atoms with Crippen LogP contribution in [0.3, 0.4) is 0 Å². The number of carbonyl (C=O) groups excluding carboxylic acids is 1. The molecule has 0 aliphatic carbocycles. The first-order valence-electron chi connectivity index (χ1n) is 9.09. The maximum atomic E-state index is 11.8. The van der Waals surface area contributed by atoms with Gasteiger partial charge in [-0.25, -0.2) is 4.79 Å². The lowest BCUT2D eigenvalue weighted by atomic mass is 9.99. The zero-order valence-electron chi connectivity index (χ0n) is 15.4. The third kappa shape index (κ3) is 5.42. The first-order chi connectivity index (χ1) is 13.6. The monoisotopic (exact) mass is 377 g/mol. The molecule has 0 bridgehead atoms. The summed E-state index contributed by atoms with van der Waals surface area (Å²) in [6.45, 7) is 0.0293. The highest BCUT2D eigenvalue weighted by atomic mass is 16.5. The van der Waals surface area contributed by atoms with Gasteiger partial charge >= 0.3 is 6.09 Å². The Hall–Kier alpha value is -3.15. The maximum absolute atomic E-state index is 11.8. The number of aliphatic hydroxyl groups is 2. The third-order valence-corrected chi connectivity index (χ3v) is 4.39. The molecule has 0 aliphatic heterocycles. The Kier molecular flexibility index (Phi) is 6.78. The van der Waals surface area contributed by atoms with Gasteiger partial charge in [-0.05, 0) is 22.3 Å². The van der Waals surface area contributed by atoms with Gasteiger partial charge in [0.25, 0.3) is 0 Å². The van der Waals surface area contributed by atoms with Gasteiger partial charge in [-0.1, -0.05) is 84.9 Å². The van der Waals surface area contributed by atoms with Crippen molar-refractivity contribution in [2.45, 2.75) is 18.8 Å². The molecule has 5 nitrogen and oxygen atoms in total. The average molecular weight is 377 g/mol. The van der Waals surface area contributed by atoms with E-state index in [1.807, 2.05) is 72.8 Å². The topological polar surface area (TPSA) is 78.8 Å². The summed E-state index contributed by atoms with van der Waals surface area (Å²) in [5, 5.41) is 23.0. The van der Waals surface area contributed by atoms with Gasteiger partial charge in [0.2, 0.25) is 0 Å². The molecule has 28 heavy (non-hydrogen) atoms. The highest BCUT2D eigenvalue weighted by Crippen LogP contribution is 2.23. The Labute approximate surface area is 164 Å². The van der Waals surface area contributed by atoms with Crippen LogP contribution in [0, 0.1) is 0 Å². The highest BCUT2D eigenvalue weighted by Gasteiger charge is 2.19. The molecule has 144 valence electrons. The molecule has 2 unspecified atom stereocenters. The van der Waals surface area contributed by atoms with Crippen LogP contribution in [-0.4, -0.2) is 29.0 Å². The van der Waals surface area contributed by atoms with Crippen molar-refractivity contribution in [3.8, 4) is 11.1 Å². The highest BCUT2D eigenvalue weighted by molar-refractivity contribution is 5.67. The van der Waals surface area contributed by atoms with Crippen LogP contribution in [0.4, 0.5) is 4.79 Å². The molecule has 0 spiro atoms. The fourth-order valence-electron chi connectivity index (χ4n) is 2.80. The van der Waals surface area contributed by atoms with E-state index in [1.54, 1.807) is 12.1 Å². The predicted molar refractivity (Wildman–Crippen MR) is 107 cm³/mol. The van der Waals surface area contributed by atoms with Crippen molar-refractivity contribution in [2.75, 3.05) is 6.54 Å². The van der Waals surface area contributed by atoms with Crippen LogP contribution >= 0.6 is 0 Å². The van der Waals surface area contributed by atoms with Gasteiger partial charge in [-0.15, -0.1) is 0 Å². The van der Waals surface area contributed by atoms with E-state index < -0.39 is 18.3 Å². The second-order valence-electron chi connectivity index (χ2n) is 6.44. The second kappa shape index (κ2) is 9.69. The molecular weight excluding hydrogens is 354 g/mol. The summed E-state index contributed by atoms with van der Waals surface area (Å²) in [6, 6.07) is 26.5. The Morgan fingerprint density at radius 1 is 0.821 bits per heavy atom. The van der Waals surface area contributed by atoms with Crippen molar-refractivity contribution in [3.63, 3.8) is 0 Å². The molecule has 0 saturated carbocycles. The Morgan fingerprint density at radius 3 is 2.04 bits per heavy atom. The van der Waals surface area contributed by atoms with Crippen LogP contribution in [-0.2, 0) is 11.3 Å². The van der Waals surface area contributed by atoms with E-state index in [4.69, 9.17) is 4.74 Å². The van der Waals surface area contributed by atoms with Crippen molar-refractivity contribution in [3.05, 3.63) is 96.1 Å². The molecule has 2 atom stereocenters. The quantitative estimate of drug-likeness (QED) is 0.587. The minimum Gasteiger partial charge on any atom is -0.445 e. The zero-order chi connectivity index (χ0) is 19.8. The molecule has 3 aromatic carbocycles. The van der Waals surface area contributed by atoms with E-state index in [0.717, 1.165) is 16.7 Å². The fourth-order valence-corrected chi connectivity index (χ4v) is 2.80. The number of carbonyl (C=O) groups is 1. The van der Waals surface area contributed by atoms with Gasteiger partial charge < -0.3 is 20.3 Å². The van der Waals surface area contributed by atoms with Crippen LogP contribution < -0.4 is 5.32 Å². The summed E-state index contributed by atoms with van der Waals surface area (Å²) >= 11 is 0. The Balaban J connectivity index is 1.48. The van der Waals surface area contributed by atoms with Crippen LogP contribution in [0.15, 0.2) is 84.9 Å². The molecule has 0 aromatic heterocycles. The molecule has 0 aliphatic rings. The summed E-state index contributed by atoms with van der Waals surface area (Å²) in [5.74, 6) is 0. The smallest absolute Gasteiger partial charge is 0.407 e. The number of alkyl carbamates (subject to hydrolysis) is 1. The minimum absolute atomic E-state index is 0.116. The summed E-state index contributed by atoms with van der Waals surface area (Å²) in [6.07, 6.45) is -2.90. The molecule has 1 amide bonds. The van der Waals surface area contributed by atoms with Crippen LogP contribution in [0.2, 0.25) is 0 Å². The van der Waals surface area contributed by atoms with E-state index in [1.165, 1.54) is 0 Å². The molecule has 0 saturated heterocycles. The zero-order valence-corrected chi connectivity index (χ0v) is 15.4. The lowest BCUT2D eigenvalue weighted by molar-refractivity contribution is 0.0184. The van der Waals surface area contributed by atoms with Crippen molar-refractivity contribution in [1.29, 1.82) is 0 Å². The predicted octanol–water partition coefficient (Wildman–Crippen LogP) is 3.67. The van der Waals surface area contributed by atoms with Crippen LogP contribution in [0.25, 0.3) is 11.1 Å². The van der Waals surface area contributed by atoms with Gasteiger partial charge in [0, 0.05) is 6.54 Å². The lowest BCUT2D eigenvalue weighted by Crippen LogP contribution is -2.35. The Bertz CT molecular complexity index is 866. The first-order valence-corrected chi connectivity index (χ1v) is 9.09. The van der Waals surface area contributed by atoms with Crippen molar-refractivity contribution >= 4 is 6.09 Å². The number of amides is 1. The SMILES string of the molecule is O=C(NCC(O)C(O)c1ccc(-c2ccccc2)cc1)OCc1ccccc1. The van der Waals surface area contributed by atoms with E-state index >= 15 is 0 Å². The van der Waals surface area contributed by atoms with Crippen molar-refractivity contribution < 1.29 is 19.7 Å². The van der Waals surface area contributed by atoms with Gasteiger partial charge in [-0.3, -0.25) is 0 Å². The second-order valence-corrected chi connectivity index (χ2v) is 6.44.